The third-order valence-electron chi connectivity index (χ3n) is 9.31. The highest BCUT2D eigenvalue weighted by Crippen LogP contribution is 2.49. The van der Waals surface area contributed by atoms with Crippen LogP contribution >= 0.6 is 0 Å². The summed E-state index contributed by atoms with van der Waals surface area (Å²) in [6.07, 6.45) is 8.44. The van der Waals surface area contributed by atoms with Gasteiger partial charge >= 0.3 is 0 Å². The molecular formula is C47H50N2. The molecule has 1 N–H and O–H groups in total. The Hall–Kier alpha value is -5.34. The van der Waals surface area contributed by atoms with Crippen molar-refractivity contribution < 1.29 is 0 Å². The first-order valence-electron chi connectivity index (χ1n) is 17.7. The highest BCUT2D eigenvalue weighted by Gasteiger charge is 2.36. The van der Waals surface area contributed by atoms with Gasteiger partial charge < -0.3 is 9.88 Å². The molecule has 1 aliphatic carbocycles. The number of anilines is 3. The summed E-state index contributed by atoms with van der Waals surface area (Å²) in [4.78, 5) is 5.73. The van der Waals surface area contributed by atoms with E-state index >= 15 is 0 Å². The third kappa shape index (κ3) is 6.69. The number of nitrogens with zero attached hydrogens (tertiary/aromatic N) is 1. The Morgan fingerprint density at radius 1 is 0.653 bits per heavy atom. The topological polar surface area (TPSA) is 19.0 Å². The zero-order valence-electron chi connectivity index (χ0n) is 30.4. The van der Waals surface area contributed by atoms with Crippen LogP contribution < -0.4 is 4.90 Å². The Morgan fingerprint density at radius 2 is 1.20 bits per heavy atom. The van der Waals surface area contributed by atoms with Crippen LogP contribution in [-0.2, 0) is 5.41 Å². The maximum atomic E-state index is 4.19. The molecule has 0 amide bonds. The van der Waals surface area contributed by atoms with Gasteiger partial charge in [0.25, 0.3) is 0 Å². The zero-order chi connectivity index (χ0) is 35.1. The second-order valence-corrected chi connectivity index (χ2v) is 12.4. The molecule has 0 saturated carbocycles. The number of benzene rings is 5. The number of nitrogens with one attached hydrogen (secondary N) is 1. The lowest BCUT2D eigenvalue weighted by Gasteiger charge is -2.29. The van der Waals surface area contributed by atoms with E-state index in [1.54, 1.807) is 0 Å². The molecule has 7 rings (SSSR count). The molecule has 1 aromatic heterocycles. The largest absolute Gasteiger partial charge is 0.361 e. The molecule has 0 unspecified atom stereocenters. The molecule has 0 bridgehead atoms. The van der Waals surface area contributed by atoms with Crippen molar-refractivity contribution in [3.05, 3.63) is 169 Å². The van der Waals surface area contributed by atoms with Crippen LogP contribution in [0, 0.1) is 6.92 Å². The molecule has 0 aliphatic heterocycles. The minimum Gasteiger partial charge on any atom is -0.361 e. The molecule has 0 radical (unpaired) electrons. The van der Waals surface area contributed by atoms with E-state index in [4.69, 9.17) is 0 Å². The van der Waals surface area contributed by atoms with Crippen LogP contribution in [0.2, 0.25) is 0 Å². The van der Waals surface area contributed by atoms with Gasteiger partial charge in [0, 0.05) is 39.6 Å². The summed E-state index contributed by atoms with van der Waals surface area (Å²) >= 11 is 0. The van der Waals surface area contributed by atoms with Gasteiger partial charge in [-0.2, -0.15) is 0 Å². The maximum absolute atomic E-state index is 4.19. The van der Waals surface area contributed by atoms with Gasteiger partial charge in [0.05, 0.1) is 0 Å². The van der Waals surface area contributed by atoms with Crippen molar-refractivity contribution >= 4 is 33.5 Å². The SMILES string of the molecule is C=CC1=C(/C=C\C)c2ccc(N(c3ccc(-c4ccccc4)cc3)c3ccc(-c4ccc5[nH]cc(C)c5c4)cc3)cc2C1(C)C.CC.CC. The van der Waals surface area contributed by atoms with Crippen LogP contribution in [0.25, 0.3) is 38.7 Å². The van der Waals surface area contributed by atoms with E-state index in [-0.39, 0.29) is 5.41 Å². The Kier molecular flexibility index (Phi) is 10.9. The van der Waals surface area contributed by atoms with Crippen molar-refractivity contribution in [3.8, 4) is 22.3 Å². The fourth-order valence-electron chi connectivity index (χ4n) is 6.88. The van der Waals surface area contributed by atoms with Crippen LogP contribution in [0.15, 0.2) is 152 Å². The van der Waals surface area contributed by atoms with Crippen LogP contribution in [0.5, 0.6) is 0 Å². The van der Waals surface area contributed by atoms with Gasteiger partial charge in [0.1, 0.15) is 0 Å². The van der Waals surface area contributed by atoms with Crippen LogP contribution in [-0.4, -0.2) is 4.98 Å². The average molecular weight is 643 g/mol. The molecule has 49 heavy (non-hydrogen) atoms. The van der Waals surface area contributed by atoms with E-state index < -0.39 is 0 Å². The Balaban J connectivity index is 0.00000113. The van der Waals surface area contributed by atoms with E-state index in [0.717, 1.165) is 17.1 Å². The van der Waals surface area contributed by atoms with Gasteiger partial charge in [-0.1, -0.05) is 133 Å². The number of rotatable bonds is 7. The van der Waals surface area contributed by atoms with Gasteiger partial charge in [-0.15, -0.1) is 0 Å². The molecule has 6 aromatic rings. The van der Waals surface area contributed by atoms with E-state index in [2.05, 4.69) is 178 Å². The first-order chi connectivity index (χ1) is 23.9. The maximum Gasteiger partial charge on any atom is 0.0465 e. The Morgan fingerprint density at radius 3 is 1.80 bits per heavy atom. The van der Waals surface area contributed by atoms with Gasteiger partial charge in [-0.3, -0.25) is 0 Å². The molecule has 2 nitrogen and oxygen atoms in total. The van der Waals surface area contributed by atoms with Crippen molar-refractivity contribution in [1.29, 1.82) is 0 Å². The van der Waals surface area contributed by atoms with Gasteiger partial charge in [-0.05, 0) is 112 Å². The number of aryl methyl sites for hydroxylation is 1. The Bertz CT molecular complexity index is 2090. The van der Waals surface area contributed by atoms with Crippen LogP contribution in [0.3, 0.4) is 0 Å². The third-order valence-corrected chi connectivity index (χ3v) is 9.31. The van der Waals surface area contributed by atoms with Gasteiger partial charge in [-0.25, -0.2) is 0 Å². The summed E-state index contributed by atoms with van der Waals surface area (Å²) < 4.78 is 0. The molecule has 5 aromatic carbocycles. The summed E-state index contributed by atoms with van der Waals surface area (Å²) in [5.74, 6) is 0. The predicted octanol–water partition coefficient (Wildman–Crippen LogP) is 14.1. The molecule has 0 spiro atoms. The number of hydrogen-bond acceptors (Lipinski definition) is 1. The zero-order valence-corrected chi connectivity index (χ0v) is 30.4. The van der Waals surface area contributed by atoms with Gasteiger partial charge in [0.2, 0.25) is 0 Å². The number of H-pyrrole nitrogens is 1. The fraction of sp³-hybridized carbons (Fsp3) is 0.191. The second-order valence-electron chi connectivity index (χ2n) is 12.4. The minimum atomic E-state index is -0.149. The molecule has 1 heterocycles. The molecule has 248 valence electrons. The van der Waals surface area contributed by atoms with Crippen LogP contribution in [0.4, 0.5) is 17.1 Å². The van der Waals surface area contributed by atoms with Crippen molar-refractivity contribution in [2.24, 2.45) is 0 Å². The quantitative estimate of drug-likeness (QED) is 0.184. The second kappa shape index (κ2) is 15.3. The number of aromatic amines is 1. The molecule has 0 atom stereocenters. The smallest absolute Gasteiger partial charge is 0.0465 e. The number of aromatic nitrogens is 1. The summed E-state index contributed by atoms with van der Waals surface area (Å²) in [6.45, 7) is 21.0. The lowest BCUT2D eigenvalue weighted by Crippen LogP contribution is -2.17. The summed E-state index contributed by atoms with van der Waals surface area (Å²) in [5.41, 5.74) is 15.6. The standard InChI is InChI=1S/C43H38N2.2C2H6/c1-6-11-37-38-24-23-36(27-41(38)43(4,5)40(37)7-2)45(34-19-14-31(15-20-34)30-12-9-8-10-13-30)35-21-16-32(17-22-35)33-18-25-42-39(26-33)29(3)28-44-42;2*1-2/h6-28,44H,2H2,1,3-5H3;2*1-2H3/b11-6-;;. The summed E-state index contributed by atoms with van der Waals surface area (Å²) in [6, 6.07) is 42.0. The van der Waals surface area contributed by atoms with Gasteiger partial charge in [0.15, 0.2) is 0 Å². The van der Waals surface area contributed by atoms with E-state index in [1.165, 1.54) is 61.0 Å². The van der Waals surface area contributed by atoms with E-state index in [9.17, 15) is 0 Å². The highest BCUT2D eigenvalue weighted by molar-refractivity contribution is 5.91. The van der Waals surface area contributed by atoms with Crippen LogP contribution in [0.1, 0.15) is 65.2 Å². The first kappa shape index (κ1) is 35.0. The Labute approximate surface area is 294 Å². The first-order valence-corrected chi connectivity index (χ1v) is 17.7. The van der Waals surface area contributed by atoms with Crippen molar-refractivity contribution in [1.82, 2.24) is 4.98 Å². The molecule has 0 saturated heterocycles. The summed E-state index contributed by atoms with van der Waals surface area (Å²) in [5, 5.41) is 1.27. The molecule has 1 aliphatic rings. The number of hydrogen-bond donors (Lipinski definition) is 1. The predicted molar refractivity (Wildman–Crippen MR) is 216 cm³/mol. The van der Waals surface area contributed by atoms with E-state index in [1.807, 2.05) is 33.8 Å². The average Bonchev–Trinajstić information content (AvgIpc) is 3.63. The van der Waals surface area contributed by atoms with Crippen molar-refractivity contribution in [2.45, 2.75) is 60.8 Å². The fourth-order valence-corrected chi connectivity index (χ4v) is 6.88. The van der Waals surface area contributed by atoms with E-state index in [0.29, 0.717) is 0 Å². The molecule has 2 heteroatoms. The number of fused-ring (bicyclic) bond motifs is 2. The monoisotopic (exact) mass is 642 g/mol. The normalized spacial score (nSPS) is 13.0. The summed E-state index contributed by atoms with van der Waals surface area (Å²) in [7, 11) is 0. The molecule has 0 fully saturated rings. The minimum absolute atomic E-state index is 0.149. The lowest BCUT2D eigenvalue weighted by molar-refractivity contribution is 0.654. The van der Waals surface area contributed by atoms with Crippen molar-refractivity contribution in [2.75, 3.05) is 4.90 Å². The van der Waals surface area contributed by atoms with Crippen molar-refractivity contribution in [3.63, 3.8) is 0 Å². The number of allylic oxidation sites excluding steroid dienone is 5. The lowest BCUT2D eigenvalue weighted by atomic mass is 9.81. The highest BCUT2D eigenvalue weighted by atomic mass is 15.1. The molecular weight excluding hydrogens is 593 g/mol.